The third kappa shape index (κ3) is 5.96. The van der Waals surface area contributed by atoms with Gasteiger partial charge in [-0.15, -0.1) is 11.3 Å². The fourth-order valence-corrected chi connectivity index (χ4v) is 3.97. The molecule has 10 heteroatoms. The molecule has 0 saturated heterocycles. The average molecular weight is 491 g/mol. The number of imidazole rings is 1. The number of ether oxygens (including phenoxy) is 2. The Kier molecular flexibility index (Phi) is 7.95. The molecule has 34 heavy (non-hydrogen) atoms. The summed E-state index contributed by atoms with van der Waals surface area (Å²) in [5.74, 6) is -1.08. The highest BCUT2D eigenvalue weighted by Crippen LogP contribution is 2.38. The number of carboxylic acid groups (broad SMARTS) is 1. The van der Waals surface area contributed by atoms with Gasteiger partial charge < -0.3 is 19.1 Å². The smallest absolute Gasteiger partial charge is 0.490 e. The summed E-state index contributed by atoms with van der Waals surface area (Å²) in [6, 6.07) is 20.3. The highest BCUT2D eigenvalue weighted by molar-refractivity contribution is 7.13. The van der Waals surface area contributed by atoms with E-state index in [1.54, 1.807) is 25.6 Å². The molecule has 0 aliphatic heterocycles. The topological polar surface area (TPSA) is 73.6 Å². The maximum Gasteiger partial charge on any atom is 0.490 e. The lowest BCUT2D eigenvalue weighted by Crippen LogP contribution is -2.21. The summed E-state index contributed by atoms with van der Waals surface area (Å²) in [4.78, 5) is 14.8. The predicted octanol–water partition coefficient (Wildman–Crippen LogP) is 5.98. The number of methoxy groups -OCH3 is 2. The molecule has 0 atom stereocenters. The number of aromatic nitrogens is 2. The van der Waals surface area contributed by atoms with Gasteiger partial charge in [-0.2, -0.15) is 13.2 Å². The molecule has 2 heterocycles. The lowest BCUT2D eigenvalue weighted by atomic mass is 10.1. The lowest BCUT2D eigenvalue weighted by Gasteiger charge is -2.12. The lowest BCUT2D eigenvalue weighted by molar-refractivity contribution is -0.192. The summed E-state index contributed by atoms with van der Waals surface area (Å²) in [6.45, 7) is 0.715. The molecule has 0 radical (unpaired) electrons. The van der Waals surface area contributed by atoms with Crippen molar-refractivity contribution in [3.05, 3.63) is 77.9 Å². The van der Waals surface area contributed by atoms with Gasteiger partial charge in [0.25, 0.3) is 0 Å². The van der Waals surface area contributed by atoms with Gasteiger partial charge in [-0.25, -0.2) is 9.78 Å². The van der Waals surface area contributed by atoms with Crippen LogP contribution in [0.25, 0.3) is 21.8 Å². The standard InChI is InChI=1S/C22H20N2O2S.C2HF3O2/c1-25-17-8-5-7-16(13-17)14-24-15-23-21(22(24)20-11-6-12-27-20)18-9-3-4-10-19(18)26-2;3-2(4,5)1(6)7/h3-13,15H,14H2,1-2H3;(H,6,7). The number of hydrogen-bond acceptors (Lipinski definition) is 5. The quantitative estimate of drug-likeness (QED) is 0.360. The molecule has 0 aliphatic carbocycles. The minimum absolute atomic E-state index is 0.715. The molecule has 178 valence electrons. The van der Waals surface area contributed by atoms with Gasteiger partial charge in [0.15, 0.2) is 0 Å². The van der Waals surface area contributed by atoms with Gasteiger partial charge in [0.1, 0.15) is 17.2 Å². The van der Waals surface area contributed by atoms with E-state index in [1.807, 2.05) is 42.7 Å². The van der Waals surface area contributed by atoms with Crippen LogP contribution >= 0.6 is 11.3 Å². The largest absolute Gasteiger partial charge is 0.497 e. The fourth-order valence-electron chi connectivity index (χ4n) is 3.18. The van der Waals surface area contributed by atoms with Crippen LogP contribution in [0.2, 0.25) is 0 Å². The number of aliphatic carboxylic acids is 1. The number of para-hydroxylation sites is 1. The van der Waals surface area contributed by atoms with Crippen molar-refractivity contribution in [1.82, 2.24) is 9.55 Å². The van der Waals surface area contributed by atoms with E-state index in [-0.39, 0.29) is 0 Å². The van der Waals surface area contributed by atoms with Crippen molar-refractivity contribution in [2.75, 3.05) is 14.2 Å². The molecule has 0 fully saturated rings. The first-order chi connectivity index (χ1) is 16.2. The highest BCUT2D eigenvalue weighted by atomic mass is 32.1. The number of alkyl halides is 3. The first kappa shape index (κ1) is 24.8. The van der Waals surface area contributed by atoms with E-state index in [0.29, 0.717) is 6.54 Å². The fraction of sp³-hybridized carbons (Fsp3) is 0.167. The van der Waals surface area contributed by atoms with E-state index >= 15 is 0 Å². The van der Waals surface area contributed by atoms with Gasteiger partial charge in [0, 0.05) is 12.1 Å². The van der Waals surface area contributed by atoms with Crippen LogP contribution in [0.1, 0.15) is 5.56 Å². The minimum atomic E-state index is -5.08. The normalized spacial score (nSPS) is 10.9. The molecule has 6 nitrogen and oxygen atoms in total. The maximum absolute atomic E-state index is 10.6. The Hall–Kier alpha value is -3.79. The Morgan fingerprint density at radius 1 is 1.06 bits per heavy atom. The van der Waals surface area contributed by atoms with Crippen LogP contribution < -0.4 is 9.47 Å². The predicted molar refractivity (Wildman–Crippen MR) is 123 cm³/mol. The number of halogens is 3. The molecule has 4 aromatic rings. The Labute approximate surface area is 197 Å². The van der Waals surface area contributed by atoms with Crippen molar-refractivity contribution in [2.24, 2.45) is 0 Å². The molecule has 0 unspecified atom stereocenters. The average Bonchev–Trinajstić information content (AvgIpc) is 3.49. The first-order valence-electron chi connectivity index (χ1n) is 9.90. The van der Waals surface area contributed by atoms with Crippen LogP contribution in [0.5, 0.6) is 11.5 Å². The van der Waals surface area contributed by atoms with Gasteiger partial charge in [0.2, 0.25) is 0 Å². The molecule has 1 N–H and O–H groups in total. The molecule has 0 spiro atoms. The number of hydrogen-bond donors (Lipinski definition) is 1. The summed E-state index contributed by atoms with van der Waals surface area (Å²) in [5.41, 5.74) is 4.18. The van der Waals surface area contributed by atoms with E-state index in [1.165, 1.54) is 4.88 Å². The summed E-state index contributed by atoms with van der Waals surface area (Å²) in [5, 5.41) is 9.21. The Morgan fingerprint density at radius 3 is 2.41 bits per heavy atom. The second-order valence-electron chi connectivity index (χ2n) is 6.90. The number of thiophene rings is 1. The van der Waals surface area contributed by atoms with Gasteiger partial charge in [-0.1, -0.05) is 30.3 Å². The monoisotopic (exact) mass is 490 g/mol. The first-order valence-corrected chi connectivity index (χ1v) is 10.8. The van der Waals surface area contributed by atoms with Crippen molar-refractivity contribution in [3.8, 4) is 33.3 Å². The third-order valence-electron chi connectivity index (χ3n) is 4.68. The van der Waals surface area contributed by atoms with Crippen molar-refractivity contribution in [2.45, 2.75) is 12.7 Å². The Balaban J connectivity index is 0.000000406. The van der Waals surface area contributed by atoms with Gasteiger partial charge in [-0.3, -0.25) is 0 Å². The van der Waals surface area contributed by atoms with E-state index in [4.69, 9.17) is 24.4 Å². The number of carboxylic acids is 1. The van der Waals surface area contributed by atoms with Crippen molar-refractivity contribution >= 4 is 17.3 Å². The van der Waals surface area contributed by atoms with Gasteiger partial charge in [-0.05, 0) is 41.3 Å². The summed E-state index contributed by atoms with van der Waals surface area (Å²) in [6.07, 6.45) is -3.18. The molecule has 0 saturated carbocycles. The van der Waals surface area contributed by atoms with Crippen molar-refractivity contribution in [3.63, 3.8) is 0 Å². The van der Waals surface area contributed by atoms with Crippen molar-refractivity contribution in [1.29, 1.82) is 0 Å². The molecule has 2 aromatic heterocycles. The molecule has 0 bridgehead atoms. The van der Waals surface area contributed by atoms with Gasteiger partial charge in [0.05, 0.1) is 31.1 Å². The van der Waals surface area contributed by atoms with Crippen LogP contribution in [0.3, 0.4) is 0 Å². The van der Waals surface area contributed by atoms with Crippen LogP contribution in [0.15, 0.2) is 72.4 Å². The molecule has 0 amide bonds. The summed E-state index contributed by atoms with van der Waals surface area (Å²) >= 11 is 1.71. The SMILES string of the molecule is COc1cccc(Cn2cnc(-c3ccccc3OC)c2-c2cccs2)c1.O=C(O)C(F)(F)F. The Morgan fingerprint density at radius 2 is 1.79 bits per heavy atom. The van der Waals surface area contributed by atoms with Crippen LogP contribution in [-0.4, -0.2) is 41.0 Å². The third-order valence-corrected chi connectivity index (χ3v) is 5.56. The number of rotatable bonds is 6. The molecule has 2 aromatic carbocycles. The van der Waals surface area contributed by atoms with E-state index in [2.05, 4.69) is 34.2 Å². The molecular weight excluding hydrogens is 469 g/mol. The zero-order chi connectivity index (χ0) is 24.7. The van der Waals surface area contributed by atoms with E-state index in [0.717, 1.165) is 34.0 Å². The zero-order valence-corrected chi connectivity index (χ0v) is 19.1. The van der Waals surface area contributed by atoms with Crippen molar-refractivity contribution < 1.29 is 32.5 Å². The highest BCUT2D eigenvalue weighted by Gasteiger charge is 2.38. The number of nitrogens with zero attached hydrogens (tertiary/aromatic N) is 2. The van der Waals surface area contributed by atoms with Crippen LogP contribution in [0, 0.1) is 0 Å². The van der Waals surface area contributed by atoms with Crippen LogP contribution in [0.4, 0.5) is 13.2 Å². The maximum atomic E-state index is 10.6. The molecular formula is C24H21F3N2O4S. The summed E-state index contributed by atoms with van der Waals surface area (Å²) in [7, 11) is 3.38. The molecule has 4 rings (SSSR count). The Bertz CT molecular complexity index is 1240. The zero-order valence-electron chi connectivity index (χ0n) is 18.2. The second kappa shape index (κ2) is 10.9. The van der Waals surface area contributed by atoms with E-state index < -0.39 is 12.1 Å². The van der Waals surface area contributed by atoms with Gasteiger partial charge >= 0.3 is 12.1 Å². The number of carbonyl (C=O) groups is 1. The van der Waals surface area contributed by atoms with Crippen LogP contribution in [-0.2, 0) is 11.3 Å². The minimum Gasteiger partial charge on any atom is -0.497 e. The summed E-state index contributed by atoms with van der Waals surface area (Å²) < 4.78 is 44.8. The number of benzene rings is 2. The second-order valence-corrected chi connectivity index (χ2v) is 7.85. The van der Waals surface area contributed by atoms with E-state index in [9.17, 15) is 13.2 Å². The molecule has 0 aliphatic rings.